The van der Waals surface area contributed by atoms with E-state index in [1.165, 1.54) is 11.8 Å². The zero-order chi connectivity index (χ0) is 12.3. The highest BCUT2D eigenvalue weighted by Crippen LogP contribution is 2.37. The summed E-state index contributed by atoms with van der Waals surface area (Å²) < 4.78 is 0. The summed E-state index contributed by atoms with van der Waals surface area (Å²) in [6.45, 7) is 0.772. The minimum Gasteiger partial charge on any atom is -0.398 e. The highest BCUT2D eigenvalue weighted by molar-refractivity contribution is 8.00. The molecule has 17 heavy (non-hydrogen) atoms. The monoisotopic (exact) mass is 270 g/mol. The first kappa shape index (κ1) is 12.6. The van der Waals surface area contributed by atoms with Gasteiger partial charge >= 0.3 is 0 Å². The average Bonchev–Trinajstić information content (AvgIpc) is 2.49. The predicted molar refractivity (Wildman–Crippen MR) is 72.4 cm³/mol. The molecule has 1 aromatic rings. The van der Waals surface area contributed by atoms with E-state index in [0.717, 1.165) is 30.7 Å². The smallest absolute Gasteiger partial charge is 0.233 e. The van der Waals surface area contributed by atoms with Gasteiger partial charge in [-0.25, -0.2) is 0 Å². The Balaban J connectivity index is 2.16. The molecule has 0 bridgehead atoms. The third kappa shape index (κ3) is 3.07. The van der Waals surface area contributed by atoms with Gasteiger partial charge in [0.05, 0.1) is 10.3 Å². The molecule has 3 N–H and O–H groups in total. The van der Waals surface area contributed by atoms with Crippen molar-refractivity contribution < 1.29 is 4.79 Å². The molecule has 0 saturated carbocycles. The van der Waals surface area contributed by atoms with E-state index in [-0.39, 0.29) is 11.2 Å². The maximum absolute atomic E-state index is 11.8. The number of amides is 1. The molecule has 0 aromatic heterocycles. The fourth-order valence-corrected chi connectivity index (χ4v) is 3.28. The largest absolute Gasteiger partial charge is 0.398 e. The lowest BCUT2D eigenvalue weighted by molar-refractivity contribution is -0.120. The van der Waals surface area contributed by atoms with Crippen LogP contribution in [0.4, 0.5) is 5.69 Å². The lowest BCUT2D eigenvalue weighted by Crippen LogP contribution is -2.30. The van der Waals surface area contributed by atoms with Crippen molar-refractivity contribution in [3.63, 3.8) is 0 Å². The van der Waals surface area contributed by atoms with Crippen LogP contribution in [0, 0.1) is 0 Å². The number of halogens is 1. The number of benzene rings is 1. The van der Waals surface area contributed by atoms with E-state index in [9.17, 15) is 4.79 Å². The SMILES string of the molecule is Nc1cccc(Cl)c1SC1CCCCNC1=O. The van der Waals surface area contributed by atoms with Crippen molar-refractivity contribution in [3.8, 4) is 0 Å². The van der Waals surface area contributed by atoms with Crippen molar-refractivity contribution in [3.05, 3.63) is 23.2 Å². The molecule has 1 unspecified atom stereocenters. The molecule has 1 aliphatic rings. The van der Waals surface area contributed by atoms with E-state index < -0.39 is 0 Å². The number of anilines is 1. The number of rotatable bonds is 2. The Labute approximate surface area is 110 Å². The molecule has 1 amide bonds. The number of hydrogen-bond donors (Lipinski definition) is 2. The summed E-state index contributed by atoms with van der Waals surface area (Å²) in [7, 11) is 0. The van der Waals surface area contributed by atoms with Gasteiger partial charge in [-0.05, 0) is 25.0 Å². The first-order valence-corrected chi connectivity index (χ1v) is 6.92. The van der Waals surface area contributed by atoms with E-state index in [1.54, 1.807) is 6.07 Å². The summed E-state index contributed by atoms with van der Waals surface area (Å²) in [5.74, 6) is 0.0896. The van der Waals surface area contributed by atoms with Gasteiger partial charge in [0.25, 0.3) is 0 Å². The van der Waals surface area contributed by atoms with E-state index in [2.05, 4.69) is 5.32 Å². The first-order chi connectivity index (χ1) is 8.18. The predicted octanol–water partition coefficient (Wildman–Crippen LogP) is 2.68. The zero-order valence-corrected chi connectivity index (χ0v) is 11.0. The molecule has 1 saturated heterocycles. The number of carbonyl (C=O) groups excluding carboxylic acids is 1. The molecule has 1 aliphatic heterocycles. The van der Waals surface area contributed by atoms with E-state index in [0.29, 0.717) is 10.7 Å². The van der Waals surface area contributed by atoms with Crippen LogP contribution in [-0.4, -0.2) is 17.7 Å². The van der Waals surface area contributed by atoms with E-state index in [1.807, 2.05) is 12.1 Å². The maximum Gasteiger partial charge on any atom is 0.233 e. The number of nitrogens with one attached hydrogen (secondary N) is 1. The molecular formula is C12H15ClN2OS. The van der Waals surface area contributed by atoms with Gasteiger partial charge in [0.2, 0.25) is 5.91 Å². The number of nitrogen functional groups attached to an aromatic ring is 1. The summed E-state index contributed by atoms with van der Waals surface area (Å²) in [6.07, 6.45) is 2.97. The second-order valence-electron chi connectivity index (χ2n) is 4.05. The third-order valence-electron chi connectivity index (χ3n) is 2.74. The summed E-state index contributed by atoms with van der Waals surface area (Å²) in [5, 5.41) is 3.44. The third-order valence-corrected chi connectivity index (χ3v) is 4.59. The van der Waals surface area contributed by atoms with Crippen LogP contribution in [0.15, 0.2) is 23.1 Å². The number of hydrogen-bond acceptors (Lipinski definition) is 3. The van der Waals surface area contributed by atoms with Crippen LogP contribution in [0.25, 0.3) is 0 Å². The molecule has 1 atom stereocenters. The van der Waals surface area contributed by atoms with Crippen molar-refractivity contribution >= 4 is 35.0 Å². The van der Waals surface area contributed by atoms with Crippen molar-refractivity contribution in [2.24, 2.45) is 0 Å². The average molecular weight is 271 g/mol. The van der Waals surface area contributed by atoms with Gasteiger partial charge in [0.15, 0.2) is 0 Å². The topological polar surface area (TPSA) is 55.1 Å². The second-order valence-corrected chi connectivity index (χ2v) is 5.67. The Morgan fingerprint density at radius 1 is 1.41 bits per heavy atom. The fraction of sp³-hybridized carbons (Fsp3) is 0.417. The second kappa shape index (κ2) is 5.65. The summed E-state index contributed by atoms with van der Waals surface area (Å²) in [5.41, 5.74) is 6.52. The standard InChI is InChI=1S/C12H15ClN2OS/c13-8-4-3-5-9(14)11(8)17-10-6-1-2-7-15-12(10)16/h3-5,10H,1-2,6-7,14H2,(H,15,16). The van der Waals surface area contributed by atoms with Crippen LogP contribution >= 0.6 is 23.4 Å². The van der Waals surface area contributed by atoms with Gasteiger partial charge in [-0.1, -0.05) is 24.1 Å². The highest BCUT2D eigenvalue weighted by atomic mass is 35.5. The van der Waals surface area contributed by atoms with E-state index in [4.69, 9.17) is 17.3 Å². The molecule has 0 aliphatic carbocycles. The zero-order valence-electron chi connectivity index (χ0n) is 9.41. The number of thioether (sulfide) groups is 1. The summed E-state index contributed by atoms with van der Waals surface area (Å²) >= 11 is 7.57. The minimum atomic E-state index is -0.0836. The quantitative estimate of drug-likeness (QED) is 0.813. The van der Waals surface area contributed by atoms with Crippen molar-refractivity contribution in [2.75, 3.05) is 12.3 Å². The van der Waals surface area contributed by atoms with Crippen LogP contribution < -0.4 is 11.1 Å². The normalized spacial score (nSPS) is 20.8. The molecule has 3 nitrogen and oxygen atoms in total. The summed E-state index contributed by atoms with van der Waals surface area (Å²) in [4.78, 5) is 12.6. The maximum atomic E-state index is 11.8. The van der Waals surface area contributed by atoms with Gasteiger partial charge in [-0.15, -0.1) is 11.8 Å². The van der Waals surface area contributed by atoms with Gasteiger partial charge in [0, 0.05) is 17.1 Å². The van der Waals surface area contributed by atoms with Gasteiger partial charge in [-0.2, -0.15) is 0 Å². The Hall–Kier alpha value is -0.870. The van der Waals surface area contributed by atoms with Crippen LogP contribution in [-0.2, 0) is 4.79 Å². The Kier molecular flexibility index (Phi) is 4.18. The Morgan fingerprint density at radius 3 is 3.00 bits per heavy atom. The lowest BCUT2D eigenvalue weighted by Gasteiger charge is -2.15. The molecule has 2 rings (SSSR count). The molecule has 0 radical (unpaired) electrons. The minimum absolute atomic E-state index is 0.0836. The molecule has 1 fully saturated rings. The van der Waals surface area contributed by atoms with Crippen molar-refractivity contribution in [2.45, 2.75) is 29.4 Å². The van der Waals surface area contributed by atoms with Crippen molar-refractivity contribution in [1.29, 1.82) is 0 Å². The summed E-state index contributed by atoms with van der Waals surface area (Å²) in [6, 6.07) is 5.42. The Morgan fingerprint density at radius 2 is 2.24 bits per heavy atom. The fourth-order valence-electron chi connectivity index (χ4n) is 1.82. The van der Waals surface area contributed by atoms with Crippen molar-refractivity contribution in [1.82, 2.24) is 5.32 Å². The van der Waals surface area contributed by atoms with Crippen LogP contribution in [0.1, 0.15) is 19.3 Å². The lowest BCUT2D eigenvalue weighted by atomic mass is 10.2. The molecule has 0 spiro atoms. The molecule has 92 valence electrons. The molecular weight excluding hydrogens is 256 g/mol. The van der Waals surface area contributed by atoms with Gasteiger partial charge in [-0.3, -0.25) is 4.79 Å². The highest BCUT2D eigenvalue weighted by Gasteiger charge is 2.23. The van der Waals surface area contributed by atoms with Crippen LogP contribution in [0.3, 0.4) is 0 Å². The van der Waals surface area contributed by atoms with E-state index >= 15 is 0 Å². The number of nitrogens with two attached hydrogens (primary N) is 1. The van der Waals surface area contributed by atoms with Crippen LogP contribution in [0.2, 0.25) is 5.02 Å². The molecule has 5 heteroatoms. The molecule has 1 heterocycles. The first-order valence-electron chi connectivity index (χ1n) is 5.67. The molecule has 1 aromatic carbocycles. The van der Waals surface area contributed by atoms with Gasteiger partial charge in [0.1, 0.15) is 0 Å². The van der Waals surface area contributed by atoms with Gasteiger partial charge < -0.3 is 11.1 Å². The van der Waals surface area contributed by atoms with Crippen LogP contribution in [0.5, 0.6) is 0 Å². The number of carbonyl (C=O) groups is 1. The Bertz CT molecular complexity index is 405.